The van der Waals surface area contributed by atoms with Crippen molar-refractivity contribution in [3.8, 4) is 0 Å². The van der Waals surface area contributed by atoms with E-state index in [1.54, 1.807) is 4.72 Å². The standard InChI is InChI=1S/C10H12N2O7S/c1-6-4-7(12(16)17)2-3-9(6)20(18,19)11-8(5-13)10(14)15/h2-4,8,11,13H,5H2,1H3,(H,14,15)/t8-/m1/s1. The molecule has 3 N–H and O–H groups in total. The molecule has 1 atom stereocenters. The van der Waals surface area contributed by atoms with E-state index in [-0.39, 0.29) is 16.1 Å². The molecule has 0 aliphatic heterocycles. The molecule has 20 heavy (non-hydrogen) atoms. The molecular formula is C10H12N2O7S. The van der Waals surface area contributed by atoms with E-state index in [2.05, 4.69) is 0 Å². The molecule has 0 saturated carbocycles. The molecular weight excluding hydrogens is 292 g/mol. The highest BCUT2D eigenvalue weighted by molar-refractivity contribution is 7.89. The maximum Gasteiger partial charge on any atom is 0.324 e. The molecule has 0 aliphatic rings. The molecule has 0 unspecified atom stereocenters. The van der Waals surface area contributed by atoms with Gasteiger partial charge in [-0.15, -0.1) is 0 Å². The number of aliphatic hydroxyl groups is 1. The Balaban J connectivity index is 3.16. The second-order valence-electron chi connectivity index (χ2n) is 3.90. The molecule has 110 valence electrons. The van der Waals surface area contributed by atoms with Crippen LogP contribution >= 0.6 is 0 Å². The van der Waals surface area contributed by atoms with Crippen molar-refractivity contribution < 1.29 is 28.3 Å². The van der Waals surface area contributed by atoms with Gasteiger partial charge in [0.1, 0.15) is 6.04 Å². The third kappa shape index (κ3) is 3.50. The number of nitrogens with zero attached hydrogens (tertiary/aromatic N) is 1. The number of sulfonamides is 1. The number of nitro benzene ring substituents is 1. The lowest BCUT2D eigenvalue weighted by atomic mass is 10.2. The van der Waals surface area contributed by atoms with Gasteiger partial charge in [-0.1, -0.05) is 0 Å². The minimum Gasteiger partial charge on any atom is -0.480 e. The Bertz CT molecular complexity index is 641. The first-order valence-electron chi connectivity index (χ1n) is 5.30. The number of non-ortho nitro benzene ring substituents is 1. The van der Waals surface area contributed by atoms with Crippen molar-refractivity contribution >= 4 is 21.7 Å². The fraction of sp³-hybridized carbons (Fsp3) is 0.300. The lowest BCUT2D eigenvalue weighted by Gasteiger charge is -2.13. The van der Waals surface area contributed by atoms with Crippen molar-refractivity contribution in [2.75, 3.05) is 6.61 Å². The van der Waals surface area contributed by atoms with Gasteiger partial charge in [-0.25, -0.2) is 8.42 Å². The molecule has 0 heterocycles. The van der Waals surface area contributed by atoms with E-state index in [0.29, 0.717) is 0 Å². The summed E-state index contributed by atoms with van der Waals surface area (Å²) in [4.78, 5) is 20.3. The number of carboxylic acid groups (broad SMARTS) is 1. The van der Waals surface area contributed by atoms with Gasteiger partial charge in [-0.2, -0.15) is 4.72 Å². The summed E-state index contributed by atoms with van der Waals surface area (Å²) >= 11 is 0. The molecule has 0 amide bonds. The van der Waals surface area contributed by atoms with Crippen LogP contribution in [0.15, 0.2) is 23.1 Å². The van der Waals surface area contributed by atoms with Crippen LogP contribution in [0.1, 0.15) is 5.56 Å². The summed E-state index contributed by atoms with van der Waals surface area (Å²) in [6.07, 6.45) is 0. The molecule has 0 aliphatic carbocycles. The fourth-order valence-electron chi connectivity index (χ4n) is 1.47. The number of aryl methyl sites for hydroxylation is 1. The summed E-state index contributed by atoms with van der Waals surface area (Å²) in [7, 11) is -4.20. The van der Waals surface area contributed by atoms with Crippen molar-refractivity contribution in [1.82, 2.24) is 4.72 Å². The van der Waals surface area contributed by atoms with Crippen molar-refractivity contribution in [3.05, 3.63) is 33.9 Å². The van der Waals surface area contributed by atoms with E-state index in [9.17, 15) is 23.3 Å². The summed E-state index contributed by atoms with van der Waals surface area (Å²) < 4.78 is 25.7. The van der Waals surface area contributed by atoms with Crippen LogP contribution in [0.25, 0.3) is 0 Å². The molecule has 0 spiro atoms. The zero-order chi connectivity index (χ0) is 15.5. The van der Waals surface area contributed by atoms with Crippen LogP contribution in [0.4, 0.5) is 5.69 Å². The van der Waals surface area contributed by atoms with E-state index >= 15 is 0 Å². The lowest BCUT2D eigenvalue weighted by molar-refractivity contribution is -0.385. The van der Waals surface area contributed by atoms with Crippen LogP contribution < -0.4 is 4.72 Å². The third-order valence-electron chi connectivity index (χ3n) is 2.44. The number of aliphatic carboxylic acids is 1. The van der Waals surface area contributed by atoms with Crippen molar-refractivity contribution in [2.24, 2.45) is 0 Å². The first kappa shape index (κ1) is 16.0. The van der Waals surface area contributed by atoms with Crippen LogP contribution in [-0.2, 0) is 14.8 Å². The number of nitrogens with one attached hydrogen (secondary N) is 1. The topological polar surface area (TPSA) is 147 Å². The summed E-state index contributed by atoms with van der Waals surface area (Å²) in [5.41, 5.74) is -0.188. The number of carboxylic acids is 1. The largest absolute Gasteiger partial charge is 0.480 e. The summed E-state index contributed by atoms with van der Waals surface area (Å²) in [5.74, 6) is -1.53. The maximum absolute atomic E-state index is 12.0. The first-order valence-corrected chi connectivity index (χ1v) is 6.78. The SMILES string of the molecule is Cc1cc([N+](=O)[O-])ccc1S(=O)(=O)N[C@H](CO)C(=O)O. The van der Waals surface area contributed by atoms with Crippen molar-refractivity contribution in [3.63, 3.8) is 0 Å². The number of aliphatic hydroxyl groups excluding tert-OH is 1. The fourth-order valence-corrected chi connectivity index (χ4v) is 2.87. The average Bonchev–Trinajstić information content (AvgIpc) is 2.35. The number of nitro groups is 1. The quantitative estimate of drug-likeness (QED) is 0.479. The van der Waals surface area contributed by atoms with Gasteiger partial charge in [-0.05, 0) is 18.6 Å². The van der Waals surface area contributed by atoms with Gasteiger partial charge in [0.15, 0.2) is 0 Å². The minimum atomic E-state index is -4.20. The molecule has 0 bridgehead atoms. The number of hydrogen-bond donors (Lipinski definition) is 3. The lowest BCUT2D eigenvalue weighted by Crippen LogP contribution is -2.43. The molecule has 10 heteroatoms. The smallest absolute Gasteiger partial charge is 0.324 e. The zero-order valence-corrected chi connectivity index (χ0v) is 11.1. The summed E-state index contributed by atoms with van der Waals surface area (Å²) in [6, 6.07) is 1.38. The summed E-state index contributed by atoms with van der Waals surface area (Å²) in [5, 5.41) is 28.0. The van der Waals surface area contributed by atoms with Crippen molar-refractivity contribution in [2.45, 2.75) is 17.9 Å². The number of benzene rings is 1. The average molecular weight is 304 g/mol. The molecule has 0 aromatic heterocycles. The Labute approximate surface area is 114 Å². The van der Waals surface area contributed by atoms with E-state index < -0.39 is 33.6 Å². The van der Waals surface area contributed by atoms with Crippen LogP contribution in [0.2, 0.25) is 0 Å². The first-order chi connectivity index (χ1) is 9.19. The summed E-state index contributed by atoms with van der Waals surface area (Å²) in [6.45, 7) is 0.427. The van der Waals surface area contributed by atoms with Gasteiger partial charge in [-0.3, -0.25) is 14.9 Å². The number of hydrogen-bond acceptors (Lipinski definition) is 6. The predicted molar refractivity (Wildman–Crippen MR) is 66.7 cm³/mol. The van der Waals surface area contributed by atoms with E-state index in [4.69, 9.17) is 10.2 Å². The van der Waals surface area contributed by atoms with Gasteiger partial charge < -0.3 is 10.2 Å². The van der Waals surface area contributed by atoms with E-state index in [1.807, 2.05) is 0 Å². The maximum atomic E-state index is 12.0. The van der Waals surface area contributed by atoms with Gasteiger partial charge >= 0.3 is 5.97 Å². The molecule has 1 aromatic carbocycles. The highest BCUT2D eigenvalue weighted by Gasteiger charge is 2.26. The van der Waals surface area contributed by atoms with Crippen LogP contribution in [0.3, 0.4) is 0 Å². The Morgan fingerprint density at radius 3 is 2.50 bits per heavy atom. The van der Waals surface area contributed by atoms with Gasteiger partial charge in [0, 0.05) is 12.1 Å². The number of carbonyl (C=O) groups is 1. The van der Waals surface area contributed by atoms with Crippen LogP contribution in [-0.4, -0.2) is 42.2 Å². The highest BCUT2D eigenvalue weighted by Crippen LogP contribution is 2.21. The second kappa shape index (κ2) is 5.94. The zero-order valence-electron chi connectivity index (χ0n) is 10.3. The molecule has 9 nitrogen and oxygen atoms in total. The Kier molecular flexibility index (Phi) is 4.76. The molecule has 1 aromatic rings. The van der Waals surface area contributed by atoms with E-state index in [1.165, 1.54) is 6.92 Å². The van der Waals surface area contributed by atoms with Gasteiger partial charge in [0.25, 0.3) is 5.69 Å². The third-order valence-corrected chi connectivity index (χ3v) is 4.07. The van der Waals surface area contributed by atoms with E-state index in [0.717, 1.165) is 18.2 Å². The van der Waals surface area contributed by atoms with Crippen LogP contribution in [0.5, 0.6) is 0 Å². The number of rotatable bonds is 6. The van der Waals surface area contributed by atoms with Gasteiger partial charge in [0.05, 0.1) is 16.4 Å². The van der Waals surface area contributed by atoms with Crippen molar-refractivity contribution in [1.29, 1.82) is 0 Å². The Morgan fingerprint density at radius 1 is 1.50 bits per heavy atom. The Morgan fingerprint density at radius 2 is 2.10 bits per heavy atom. The minimum absolute atomic E-state index is 0.0915. The Hall–Kier alpha value is -2.04. The monoisotopic (exact) mass is 304 g/mol. The molecule has 0 radical (unpaired) electrons. The van der Waals surface area contributed by atoms with Gasteiger partial charge in [0.2, 0.25) is 10.0 Å². The molecule has 1 rings (SSSR count). The predicted octanol–water partition coefficient (Wildman–Crippen LogP) is -0.373. The normalized spacial score (nSPS) is 12.9. The molecule has 0 fully saturated rings. The molecule has 0 saturated heterocycles. The highest BCUT2D eigenvalue weighted by atomic mass is 32.2. The van der Waals surface area contributed by atoms with Crippen LogP contribution in [0, 0.1) is 17.0 Å². The second-order valence-corrected chi connectivity index (χ2v) is 5.58.